The van der Waals surface area contributed by atoms with E-state index in [4.69, 9.17) is 11.6 Å². The van der Waals surface area contributed by atoms with E-state index in [0.29, 0.717) is 36.9 Å². The summed E-state index contributed by atoms with van der Waals surface area (Å²) >= 11 is 5.93. The van der Waals surface area contributed by atoms with Gasteiger partial charge in [-0.3, -0.25) is 14.5 Å². The molecule has 126 valence electrons. The van der Waals surface area contributed by atoms with Crippen LogP contribution in [0.2, 0.25) is 5.02 Å². The first-order valence-corrected chi connectivity index (χ1v) is 8.35. The fourth-order valence-electron chi connectivity index (χ4n) is 2.67. The minimum Gasteiger partial charge on any atom is -0.340 e. The fraction of sp³-hybridized carbons (Fsp3) is 0.529. The van der Waals surface area contributed by atoms with Crippen LogP contribution in [0.15, 0.2) is 24.3 Å². The summed E-state index contributed by atoms with van der Waals surface area (Å²) in [5.74, 6) is 0.140. The maximum Gasteiger partial charge on any atom is 0.241 e. The second-order valence-corrected chi connectivity index (χ2v) is 6.63. The lowest BCUT2D eigenvalue weighted by atomic mass is 10.1. The van der Waals surface area contributed by atoms with Crippen LogP contribution in [0.3, 0.4) is 0 Å². The van der Waals surface area contributed by atoms with E-state index in [1.165, 1.54) is 0 Å². The molecule has 0 radical (unpaired) electrons. The van der Waals surface area contributed by atoms with Crippen molar-refractivity contribution in [1.29, 1.82) is 0 Å². The molecule has 1 aromatic carbocycles. The van der Waals surface area contributed by atoms with Crippen molar-refractivity contribution < 1.29 is 9.59 Å². The molecule has 1 aliphatic heterocycles. The molecule has 2 rings (SSSR count). The number of carbonyl (C=O) groups is 2. The van der Waals surface area contributed by atoms with Crippen molar-refractivity contribution in [1.82, 2.24) is 9.80 Å². The standard InChI is InChI=1S/C17H24ClN3O2/c1-12(2)17(23)21-9-7-20(8-10-21)13(3)16(22)19-15-6-4-5-14(18)11-15/h4-6,11-13H,7-10H2,1-3H3,(H,19,22)/t13-/m0/s1. The molecule has 1 aliphatic rings. The first kappa shape index (κ1) is 17.8. The summed E-state index contributed by atoms with van der Waals surface area (Å²) in [5, 5.41) is 3.48. The van der Waals surface area contributed by atoms with Gasteiger partial charge in [-0.1, -0.05) is 31.5 Å². The molecular formula is C17H24ClN3O2. The van der Waals surface area contributed by atoms with Crippen LogP contribution < -0.4 is 5.32 Å². The highest BCUT2D eigenvalue weighted by Gasteiger charge is 2.28. The molecule has 6 heteroatoms. The first-order chi connectivity index (χ1) is 10.9. The summed E-state index contributed by atoms with van der Waals surface area (Å²) in [4.78, 5) is 28.3. The highest BCUT2D eigenvalue weighted by Crippen LogP contribution is 2.16. The van der Waals surface area contributed by atoms with Gasteiger partial charge >= 0.3 is 0 Å². The normalized spacial score (nSPS) is 17.2. The minimum absolute atomic E-state index is 0.0186. The van der Waals surface area contributed by atoms with Crippen molar-refractivity contribution >= 4 is 29.1 Å². The lowest BCUT2D eigenvalue weighted by molar-refractivity contribution is -0.136. The van der Waals surface area contributed by atoms with Gasteiger partial charge < -0.3 is 10.2 Å². The van der Waals surface area contributed by atoms with Crippen molar-refractivity contribution in [2.24, 2.45) is 5.92 Å². The van der Waals surface area contributed by atoms with E-state index in [1.807, 2.05) is 31.7 Å². The SMILES string of the molecule is CC(C)C(=O)N1CCN([C@@H](C)C(=O)Nc2cccc(Cl)c2)CC1. The van der Waals surface area contributed by atoms with Crippen LogP contribution in [-0.4, -0.2) is 53.8 Å². The molecule has 1 heterocycles. The summed E-state index contributed by atoms with van der Waals surface area (Å²) < 4.78 is 0. The van der Waals surface area contributed by atoms with Gasteiger partial charge in [0, 0.05) is 42.8 Å². The molecule has 23 heavy (non-hydrogen) atoms. The molecule has 1 saturated heterocycles. The van der Waals surface area contributed by atoms with Crippen LogP contribution in [0.5, 0.6) is 0 Å². The summed E-state index contributed by atoms with van der Waals surface area (Å²) in [5.41, 5.74) is 0.697. The zero-order valence-electron chi connectivity index (χ0n) is 13.9. The topological polar surface area (TPSA) is 52.7 Å². The third-order valence-electron chi connectivity index (χ3n) is 4.14. The Morgan fingerprint density at radius 2 is 1.78 bits per heavy atom. The molecule has 2 amide bonds. The molecule has 1 fully saturated rings. The lowest BCUT2D eigenvalue weighted by Gasteiger charge is -2.38. The molecule has 0 aromatic heterocycles. The smallest absolute Gasteiger partial charge is 0.241 e. The lowest BCUT2D eigenvalue weighted by Crippen LogP contribution is -2.54. The van der Waals surface area contributed by atoms with Gasteiger partial charge in [0.2, 0.25) is 11.8 Å². The van der Waals surface area contributed by atoms with E-state index in [2.05, 4.69) is 10.2 Å². The number of benzene rings is 1. The Kier molecular flexibility index (Phi) is 6.02. The van der Waals surface area contributed by atoms with E-state index in [-0.39, 0.29) is 23.8 Å². The van der Waals surface area contributed by atoms with E-state index < -0.39 is 0 Å². The van der Waals surface area contributed by atoms with Crippen molar-refractivity contribution in [3.05, 3.63) is 29.3 Å². The van der Waals surface area contributed by atoms with Crippen molar-refractivity contribution in [3.63, 3.8) is 0 Å². The van der Waals surface area contributed by atoms with Crippen LogP contribution in [0.4, 0.5) is 5.69 Å². The Morgan fingerprint density at radius 3 is 2.35 bits per heavy atom. The Balaban J connectivity index is 1.88. The number of piperazine rings is 1. The molecule has 0 bridgehead atoms. The van der Waals surface area contributed by atoms with E-state index in [9.17, 15) is 9.59 Å². The summed E-state index contributed by atoms with van der Waals surface area (Å²) in [7, 11) is 0. The average molecular weight is 338 g/mol. The summed E-state index contributed by atoms with van der Waals surface area (Å²) in [6.07, 6.45) is 0. The molecule has 1 aromatic rings. The quantitative estimate of drug-likeness (QED) is 0.918. The second-order valence-electron chi connectivity index (χ2n) is 6.19. The number of nitrogens with zero attached hydrogens (tertiary/aromatic N) is 2. The minimum atomic E-state index is -0.245. The molecule has 0 spiro atoms. The van der Waals surface area contributed by atoms with Gasteiger partial charge in [-0.2, -0.15) is 0 Å². The second kappa shape index (κ2) is 7.79. The number of nitrogens with one attached hydrogen (secondary N) is 1. The zero-order chi connectivity index (χ0) is 17.0. The number of rotatable bonds is 4. The fourth-order valence-corrected chi connectivity index (χ4v) is 2.86. The summed E-state index contributed by atoms with van der Waals surface area (Å²) in [6.45, 7) is 8.48. The van der Waals surface area contributed by atoms with Crippen molar-refractivity contribution in [2.45, 2.75) is 26.8 Å². The van der Waals surface area contributed by atoms with Crippen LogP contribution in [0.25, 0.3) is 0 Å². The molecule has 0 unspecified atom stereocenters. The molecular weight excluding hydrogens is 314 g/mol. The zero-order valence-corrected chi connectivity index (χ0v) is 14.6. The monoisotopic (exact) mass is 337 g/mol. The first-order valence-electron chi connectivity index (χ1n) is 7.97. The predicted octanol–water partition coefficient (Wildman–Crippen LogP) is 2.47. The van der Waals surface area contributed by atoms with Crippen LogP contribution in [0.1, 0.15) is 20.8 Å². The highest BCUT2D eigenvalue weighted by atomic mass is 35.5. The third-order valence-corrected chi connectivity index (χ3v) is 4.37. The van der Waals surface area contributed by atoms with Gasteiger partial charge in [-0.05, 0) is 25.1 Å². The number of anilines is 1. The highest BCUT2D eigenvalue weighted by molar-refractivity contribution is 6.30. The Hall–Kier alpha value is -1.59. The predicted molar refractivity (Wildman–Crippen MR) is 92.5 cm³/mol. The third kappa shape index (κ3) is 4.69. The summed E-state index contributed by atoms with van der Waals surface area (Å²) in [6, 6.07) is 6.87. The van der Waals surface area contributed by atoms with E-state index in [0.717, 1.165) is 0 Å². The Bertz CT molecular complexity index is 569. The van der Waals surface area contributed by atoms with Gasteiger partial charge in [-0.25, -0.2) is 0 Å². The van der Waals surface area contributed by atoms with Crippen LogP contribution in [-0.2, 0) is 9.59 Å². The Labute approximate surface area is 142 Å². The maximum absolute atomic E-state index is 12.4. The largest absolute Gasteiger partial charge is 0.340 e. The van der Waals surface area contributed by atoms with Gasteiger partial charge in [0.05, 0.1) is 6.04 Å². The Morgan fingerprint density at radius 1 is 1.13 bits per heavy atom. The molecule has 1 N–H and O–H groups in total. The number of hydrogen-bond donors (Lipinski definition) is 1. The van der Waals surface area contributed by atoms with Gasteiger partial charge in [0.15, 0.2) is 0 Å². The van der Waals surface area contributed by atoms with Gasteiger partial charge in [0.1, 0.15) is 0 Å². The van der Waals surface area contributed by atoms with Gasteiger partial charge in [-0.15, -0.1) is 0 Å². The molecule has 0 aliphatic carbocycles. The maximum atomic E-state index is 12.4. The molecule has 5 nitrogen and oxygen atoms in total. The van der Waals surface area contributed by atoms with E-state index in [1.54, 1.807) is 18.2 Å². The van der Waals surface area contributed by atoms with E-state index >= 15 is 0 Å². The average Bonchev–Trinajstić information content (AvgIpc) is 2.53. The van der Waals surface area contributed by atoms with Crippen molar-refractivity contribution in [2.75, 3.05) is 31.5 Å². The van der Waals surface area contributed by atoms with Crippen molar-refractivity contribution in [3.8, 4) is 0 Å². The molecule has 0 saturated carbocycles. The number of amides is 2. The number of hydrogen-bond acceptors (Lipinski definition) is 3. The van der Waals surface area contributed by atoms with Crippen LogP contribution in [0, 0.1) is 5.92 Å². The van der Waals surface area contributed by atoms with Crippen LogP contribution >= 0.6 is 11.6 Å². The molecule has 1 atom stereocenters. The number of halogens is 1. The van der Waals surface area contributed by atoms with Gasteiger partial charge in [0.25, 0.3) is 0 Å². The number of carbonyl (C=O) groups excluding carboxylic acids is 2.